The van der Waals surface area contributed by atoms with Gasteiger partial charge in [-0.3, -0.25) is 4.90 Å². The summed E-state index contributed by atoms with van der Waals surface area (Å²) in [7, 11) is 2.18. The molecule has 0 spiro atoms. The summed E-state index contributed by atoms with van der Waals surface area (Å²) in [6.45, 7) is 8.37. The zero-order valence-corrected chi connectivity index (χ0v) is 12.7. The molecule has 0 radical (unpaired) electrons. The van der Waals surface area contributed by atoms with E-state index in [2.05, 4.69) is 22.9 Å². The maximum atomic E-state index is 5.96. The van der Waals surface area contributed by atoms with Crippen molar-refractivity contribution < 1.29 is 4.74 Å². The van der Waals surface area contributed by atoms with Gasteiger partial charge in [0.15, 0.2) is 0 Å². The molecule has 2 rings (SSSR count). The fraction of sp³-hybridized carbons (Fsp3) is 0.625. The Bertz CT molecular complexity index is 400. The van der Waals surface area contributed by atoms with Crippen molar-refractivity contribution in [1.29, 1.82) is 0 Å². The van der Waals surface area contributed by atoms with Crippen molar-refractivity contribution in [1.82, 2.24) is 9.80 Å². The Hall–Kier alpha value is -1.10. The van der Waals surface area contributed by atoms with E-state index in [9.17, 15) is 0 Å². The van der Waals surface area contributed by atoms with Crippen molar-refractivity contribution in [3.05, 3.63) is 29.8 Å². The van der Waals surface area contributed by atoms with E-state index in [-0.39, 0.29) is 6.04 Å². The quantitative estimate of drug-likeness (QED) is 0.848. The first-order chi connectivity index (χ1) is 9.65. The molecule has 1 aliphatic heterocycles. The van der Waals surface area contributed by atoms with E-state index < -0.39 is 0 Å². The number of nitrogens with two attached hydrogens (primary N) is 1. The van der Waals surface area contributed by atoms with Crippen LogP contribution in [-0.2, 0) is 6.42 Å². The molecule has 4 nitrogen and oxygen atoms in total. The van der Waals surface area contributed by atoms with Crippen LogP contribution in [0.1, 0.15) is 12.5 Å². The van der Waals surface area contributed by atoms with Crippen LogP contribution in [0.15, 0.2) is 24.3 Å². The molecule has 0 aliphatic carbocycles. The van der Waals surface area contributed by atoms with E-state index in [0.717, 1.165) is 51.5 Å². The van der Waals surface area contributed by atoms with Crippen molar-refractivity contribution in [3.8, 4) is 5.75 Å². The molecule has 1 unspecified atom stereocenters. The van der Waals surface area contributed by atoms with E-state index in [1.54, 1.807) is 0 Å². The number of rotatable bonds is 6. The van der Waals surface area contributed by atoms with E-state index >= 15 is 0 Å². The van der Waals surface area contributed by atoms with Crippen LogP contribution in [0.2, 0.25) is 0 Å². The van der Waals surface area contributed by atoms with Gasteiger partial charge >= 0.3 is 0 Å². The van der Waals surface area contributed by atoms with Gasteiger partial charge in [0, 0.05) is 38.8 Å². The summed E-state index contributed by atoms with van der Waals surface area (Å²) in [4.78, 5) is 4.84. The fourth-order valence-electron chi connectivity index (χ4n) is 2.52. The molecular formula is C16H27N3O. The van der Waals surface area contributed by atoms with Crippen LogP contribution in [0.3, 0.4) is 0 Å². The van der Waals surface area contributed by atoms with Gasteiger partial charge < -0.3 is 15.4 Å². The highest BCUT2D eigenvalue weighted by Crippen LogP contribution is 2.19. The Morgan fingerprint density at radius 3 is 2.60 bits per heavy atom. The number of para-hydroxylation sites is 1. The zero-order valence-electron chi connectivity index (χ0n) is 12.7. The van der Waals surface area contributed by atoms with Gasteiger partial charge in [-0.1, -0.05) is 18.2 Å². The lowest BCUT2D eigenvalue weighted by Gasteiger charge is -2.32. The number of hydrogen-bond acceptors (Lipinski definition) is 4. The minimum absolute atomic E-state index is 0.164. The van der Waals surface area contributed by atoms with Crippen LogP contribution in [-0.4, -0.2) is 62.2 Å². The van der Waals surface area contributed by atoms with E-state index in [4.69, 9.17) is 10.5 Å². The highest BCUT2D eigenvalue weighted by molar-refractivity contribution is 5.33. The topological polar surface area (TPSA) is 41.7 Å². The van der Waals surface area contributed by atoms with Gasteiger partial charge in [-0.05, 0) is 32.0 Å². The molecule has 2 N–H and O–H groups in total. The third kappa shape index (κ3) is 4.78. The molecule has 1 saturated heterocycles. The summed E-state index contributed by atoms with van der Waals surface area (Å²) in [5.74, 6) is 0.985. The zero-order chi connectivity index (χ0) is 14.4. The molecule has 1 fully saturated rings. The maximum absolute atomic E-state index is 5.96. The third-order valence-electron chi connectivity index (χ3n) is 3.78. The Balaban J connectivity index is 1.79. The molecule has 0 aromatic heterocycles. The standard InChI is InChI=1S/C16H27N3O/c1-14(17)13-15-5-3-4-6-16(15)20-12-11-19-9-7-18(2)8-10-19/h3-6,14H,7-13,17H2,1-2H3. The van der Waals surface area contributed by atoms with Gasteiger partial charge in [-0.25, -0.2) is 0 Å². The van der Waals surface area contributed by atoms with Gasteiger partial charge in [0.25, 0.3) is 0 Å². The second kappa shape index (κ2) is 7.62. The van der Waals surface area contributed by atoms with Crippen LogP contribution in [0.25, 0.3) is 0 Å². The van der Waals surface area contributed by atoms with Gasteiger partial charge in [0.2, 0.25) is 0 Å². The van der Waals surface area contributed by atoms with Gasteiger partial charge in [0.05, 0.1) is 0 Å². The lowest BCUT2D eigenvalue weighted by atomic mass is 10.1. The Morgan fingerprint density at radius 1 is 1.20 bits per heavy atom. The van der Waals surface area contributed by atoms with Crippen LogP contribution in [0.5, 0.6) is 5.75 Å². The van der Waals surface area contributed by atoms with Gasteiger partial charge in [0.1, 0.15) is 12.4 Å². The number of benzene rings is 1. The van der Waals surface area contributed by atoms with Gasteiger partial charge in [-0.2, -0.15) is 0 Å². The average molecular weight is 277 g/mol. The molecule has 0 bridgehead atoms. The van der Waals surface area contributed by atoms with E-state index in [0.29, 0.717) is 0 Å². The van der Waals surface area contributed by atoms with Crippen molar-refractivity contribution >= 4 is 0 Å². The first kappa shape index (κ1) is 15.3. The molecule has 4 heteroatoms. The number of ether oxygens (including phenoxy) is 1. The van der Waals surface area contributed by atoms with E-state index in [1.165, 1.54) is 5.56 Å². The van der Waals surface area contributed by atoms with Crippen LogP contribution in [0.4, 0.5) is 0 Å². The first-order valence-corrected chi connectivity index (χ1v) is 7.52. The summed E-state index contributed by atoms with van der Waals surface area (Å²) in [6.07, 6.45) is 0.866. The predicted molar refractivity (Wildman–Crippen MR) is 83.2 cm³/mol. The Labute approximate surface area is 122 Å². The summed E-state index contributed by atoms with van der Waals surface area (Å²) in [5, 5.41) is 0. The highest BCUT2D eigenvalue weighted by atomic mass is 16.5. The minimum atomic E-state index is 0.164. The molecule has 1 aromatic rings. The predicted octanol–water partition coefficient (Wildman–Crippen LogP) is 1.20. The molecular weight excluding hydrogens is 250 g/mol. The molecule has 1 heterocycles. The lowest BCUT2D eigenvalue weighted by molar-refractivity contribution is 0.133. The largest absolute Gasteiger partial charge is 0.492 e. The molecule has 0 amide bonds. The van der Waals surface area contributed by atoms with Crippen LogP contribution < -0.4 is 10.5 Å². The van der Waals surface area contributed by atoms with Crippen LogP contribution in [0, 0.1) is 0 Å². The minimum Gasteiger partial charge on any atom is -0.492 e. The number of nitrogens with zero attached hydrogens (tertiary/aromatic N) is 2. The number of piperazine rings is 1. The maximum Gasteiger partial charge on any atom is 0.122 e. The first-order valence-electron chi connectivity index (χ1n) is 7.52. The molecule has 0 saturated carbocycles. The summed E-state index contributed by atoms with van der Waals surface area (Å²) in [5.41, 5.74) is 7.09. The Morgan fingerprint density at radius 2 is 1.90 bits per heavy atom. The van der Waals surface area contributed by atoms with Crippen LogP contribution >= 0.6 is 0 Å². The van der Waals surface area contributed by atoms with Crippen molar-refractivity contribution in [2.45, 2.75) is 19.4 Å². The van der Waals surface area contributed by atoms with Crippen molar-refractivity contribution in [2.75, 3.05) is 46.4 Å². The molecule has 20 heavy (non-hydrogen) atoms. The molecule has 112 valence electrons. The molecule has 1 aliphatic rings. The molecule has 1 atom stereocenters. The monoisotopic (exact) mass is 277 g/mol. The SMILES string of the molecule is CC(N)Cc1ccccc1OCCN1CCN(C)CC1. The number of hydrogen-bond donors (Lipinski definition) is 1. The van der Waals surface area contributed by atoms with Gasteiger partial charge in [-0.15, -0.1) is 0 Å². The van der Waals surface area contributed by atoms with Crippen molar-refractivity contribution in [3.63, 3.8) is 0 Å². The summed E-state index contributed by atoms with van der Waals surface area (Å²) >= 11 is 0. The Kier molecular flexibility index (Phi) is 5.83. The second-order valence-electron chi connectivity index (χ2n) is 5.78. The highest BCUT2D eigenvalue weighted by Gasteiger charge is 2.13. The van der Waals surface area contributed by atoms with E-state index in [1.807, 2.05) is 25.1 Å². The summed E-state index contributed by atoms with van der Waals surface area (Å²) in [6, 6.07) is 8.38. The normalized spacial score (nSPS) is 18.9. The van der Waals surface area contributed by atoms with Crippen molar-refractivity contribution in [2.24, 2.45) is 5.73 Å². The number of likely N-dealkylation sites (N-methyl/N-ethyl adjacent to an activating group) is 1. The fourth-order valence-corrected chi connectivity index (χ4v) is 2.52. The average Bonchev–Trinajstić information content (AvgIpc) is 2.42. The summed E-state index contributed by atoms with van der Waals surface area (Å²) < 4.78 is 5.96. The lowest BCUT2D eigenvalue weighted by Crippen LogP contribution is -2.45. The smallest absolute Gasteiger partial charge is 0.122 e. The second-order valence-corrected chi connectivity index (χ2v) is 5.78. The molecule has 1 aromatic carbocycles. The third-order valence-corrected chi connectivity index (χ3v) is 3.78.